The Kier molecular flexibility index (Phi) is 5.31. The van der Waals surface area contributed by atoms with Crippen molar-refractivity contribution in [2.24, 2.45) is 0 Å². The van der Waals surface area contributed by atoms with E-state index in [-0.39, 0.29) is 6.61 Å². The molecule has 0 unspecified atom stereocenters. The first kappa shape index (κ1) is 17.4. The van der Waals surface area contributed by atoms with Gasteiger partial charge in [-0.1, -0.05) is 30.3 Å². The van der Waals surface area contributed by atoms with Crippen LogP contribution in [0.1, 0.15) is 22.5 Å². The summed E-state index contributed by atoms with van der Waals surface area (Å²) in [6, 6.07) is 11.9. The number of nitrogens with zero attached hydrogens (tertiary/aromatic N) is 3. The maximum Gasteiger partial charge on any atom is 0.160 e. The molecule has 2 aromatic heterocycles. The number of aliphatic hydroxyl groups excluding tert-OH is 1. The van der Waals surface area contributed by atoms with E-state index in [2.05, 4.69) is 15.4 Å². The molecule has 0 radical (unpaired) electrons. The Morgan fingerprint density at radius 3 is 2.72 bits per heavy atom. The highest BCUT2D eigenvalue weighted by Crippen LogP contribution is 2.18. The molecule has 3 rings (SSSR count). The molecule has 3 aromatic rings. The summed E-state index contributed by atoms with van der Waals surface area (Å²) in [7, 11) is 0. The number of fused-ring (bicyclic) bond motifs is 1. The van der Waals surface area contributed by atoms with Crippen LogP contribution in [-0.4, -0.2) is 39.0 Å². The smallest absolute Gasteiger partial charge is 0.160 e. The summed E-state index contributed by atoms with van der Waals surface area (Å²) in [5, 5.41) is 17.9. The predicted octanol–water partition coefficient (Wildman–Crippen LogP) is 2.64. The van der Waals surface area contributed by atoms with Crippen LogP contribution in [0, 0.1) is 20.8 Å². The molecule has 0 spiro atoms. The van der Waals surface area contributed by atoms with E-state index in [1.54, 1.807) is 4.52 Å². The maximum atomic E-state index is 10.2. The number of hydrogen-bond acceptors (Lipinski definition) is 5. The van der Waals surface area contributed by atoms with Crippen LogP contribution in [0.3, 0.4) is 0 Å². The number of anilines is 1. The lowest BCUT2D eigenvalue weighted by molar-refractivity contribution is 0.0348. The summed E-state index contributed by atoms with van der Waals surface area (Å²) in [5.74, 6) is 0.820. The largest absolute Gasteiger partial charge is 0.389 e. The van der Waals surface area contributed by atoms with Crippen molar-refractivity contribution in [1.82, 2.24) is 14.6 Å². The Bertz CT molecular complexity index is 846. The summed E-state index contributed by atoms with van der Waals surface area (Å²) in [6.07, 6.45) is -0.606. The topological polar surface area (TPSA) is 71.7 Å². The van der Waals surface area contributed by atoms with Gasteiger partial charge in [-0.2, -0.15) is 9.61 Å². The molecule has 6 nitrogen and oxygen atoms in total. The van der Waals surface area contributed by atoms with Gasteiger partial charge in [0, 0.05) is 23.9 Å². The first-order valence-corrected chi connectivity index (χ1v) is 8.42. The van der Waals surface area contributed by atoms with Gasteiger partial charge in [0.1, 0.15) is 5.82 Å². The van der Waals surface area contributed by atoms with Gasteiger partial charge in [-0.15, -0.1) is 0 Å². The fourth-order valence-electron chi connectivity index (χ4n) is 2.64. The number of rotatable bonds is 7. The van der Waals surface area contributed by atoms with Crippen molar-refractivity contribution in [2.45, 2.75) is 33.5 Å². The van der Waals surface area contributed by atoms with E-state index in [0.717, 1.165) is 34.0 Å². The lowest BCUT2D eigenvalue weighted by Gasteiger charge is -2.14. The monoisotopic (exact) mass is 340 g/mol. The summed E-state index contributed by atoms with van der Waals surface area (Å²) < 4.78 is 7.37. The molecule has 2 N–H and O–H groups in total. The Hall–Kier alpha value is -2.44. The second-order valence-corrected chi connectivity index (χ2v) is 6.26. The van der Waals surface area contributed by atoms with Crippen LogP contribution in [-0.2, 0) is 11.3 Å². The van der Waals surface area contributed by atoms with Crippen molar-refractivity contribution in [3.8, 4) is 0 Å². The lowest BCUT2D eigenvalue weighted by Crippen LogP contribution is -2.25. The molecule has 1 aromatic carbocycles. The van der Waals surface area contributed by atoms with Crippen molar-refractivity contribution >= 4 is 11.5 Å². The van der Waals surface area contributed by atoms with Crippen LogP contribution in [0.4, 0.5) is 5.82 Å². The van der Waals surface area contributed by atoms with Gasteiger partial charge in [0.2, 0.25) is 0 Å². The van der Waals surface area contributed by atoms with Crippen LogP contribution >= 0.6 is 0 Å². The first-order valence-electron chi connectivity index (χ1n) is 8.42. The molecular weight excluding hydrogens is 316 g/mol. The van der Waals surface area contributed by atoms with Gasteiger partial charge < -0.3 is 15.2 Å². The SMILES string of the molecule is Cc1cc(NC[C@@H](O)COCc2ccccc2)n2nc(C)c(C)c2n1. The van der Waals surface area contributed by atoms with Crippen molar-refractivity contribution in [3.63, 3.8) is 0 Å². The molecule has 2 heterocycles. The van der Waals surface area contributed by atoms with Crippen molar-refractivity contribution in [2.75, 3.05) is 18.5 Å². The minimum Gasteiger partial charge on any atom is -0.389 e. The Balaban J connectivity index is 1.58. The van der Waals surface area contributed by atoms with E-state index >= 15 is 0 Å². The fourth-order valence-corrected chi connectivity index (χ4v) is 2.64. The molecule has 25 heavy (non-hydrogen) atoms. The highest BCUT2D eigenvalue weighted by molar-refractivity contribution is 5.55. The Labute approximate surface area is 147 Å². The molecular formula is C19H24N4O2. The van der Waals surface area contributed by atoms with Crippen LogP contribution in [0.2, 0.25) is 0 Å². The summed E-state index contributed by atoms with van der Waals surface area (Å²) in [6.45, 7) is 7.08. The predicted molar refractivity (Wildman–Crippen MR) is 97.8 cm³/mol. The van der Waals surface area contributed by atoms with Gasteiger partial charge in [0.05, 0.1) is 25.0 Å². The quantitative estimate of drug-likeness (QED) is 0.692. The van der Waals surface area contributed by atoms with Crippen LogP contribution in [0.5, 0.6) is 0 Å². The summed E-state index contributed by atoms with van der Waals surface area (Å²) >= 11 is 0. The molecule has 0 aliphatic rings. The molecule has 0 saturated heterocycles. The lowest BCUT2D eigenvalue weighted by atomic mass is 10.2. The zero-order valence-corrected chi connectivity index (χ0v) is 14.9. The van der Waals surface area contributed by atoms with Crippen LogP contribution in [0.15, 0.2) is 36.4 Å². The molecule has 132 valence electrons. The number of aliphatic hydroxyl groups is 1. The van der Waals surface area contributed by atoms with Crippen molar-refractivity contribution in [3.05, 3.63) is 58.9 Å². The number of benzene rings is 1. The number of hydrogen-bond donors (Lipinski definition) is 2. The summed E-state index contributed by atoms with van der Waals surface area (Å²) in [4.78, 5) is 4.54. The zero-order valence-electron chi connectivity index (χ0n) is 14.9. The van der Waals surface area contributed by atoms with Crippen LogP contribution in [0.25, 0.3) is 5.65 Å². The minimum absolute atomic E-state index is 0.270. The maximum absolute atomic E-state index is 10.2. The second kappa shape index (κ2) is 7.63. The van der Waals surface area contributed by atoms with Gasteiger partial charge in [-0.3, -0.25) is 0 Å². The number of aromatic nitrogens is 3. The minimum atomic E-state index is -0.606. The third-order valence-electron chi connectivity index (χ3n) is 4.13. The van der Waals surface area contributed by atoms with Gasteiger partial charge in [0.15, 0.2) is 5.65 Å². The van der Waals surface area contributed by atoms with Crippen molar-refractivity contribution in [1.29, 1.82) is 0 Å². The molecule has 1 atom stereocenters. The highest BCUT2D eigenvalue weighted by Gasteiger charge is 2.12. The molecule has 0 fully saturated rings. The van der Waals surface area contributed by atoms with E-state index in [9.17, 15) is 5.11 Å². The average Bonchev–Trinajstić information content (AvgIpc) is 2.89. The number of aryl methyl sites for hydroxylation is 3. The third kappa shape index (κ3) is 4.15. The Morgan fingerprint density at radius 1 is 1.20 bits per heavy atom. The molecule has 0 aliphatic heterocycles. The molecule has 0 saturated carbocycles. The summed E-state index contributed by atoms with van der Waals surface area (Å²) in [5.41, 5.74) is 4.87. The Morgan fingerprint density at radius 2 is 1.96 bits per heavy atom. The normalized spacial score (nSPS) is 12.5. The van der Waals surface area contributed by atoms with Gasteiger partial charge >= 0.3 is 0 Å². The molecule has 0 aliphatic carbocycles. The zero-order chi connectivity index (χ0) is 17.8. The van der Waals surface area contributed by atoms with E-state index in [0.29, 0.717) is 13.2 Å². The number of ether oxygens (including phenoxy) is 1. The molecule has 0 bridgehead atoms. The number of nitrogens with one attached hydrogen (secondary N) is 1. The average molecular weight is 340 g/mol. The van der Waals surface area contributed by atoms with Crippen LogP contribution < -0.4 is 5.32 Å². The van der Waals surface area contributed by atoms with E-state index < -0.39 is 6.10 Å². The fraction of sp³-hybridized carbons (Fsp3) is 0.368. The van der Waals surface area contributed by atoms with Crippen molar-refractivity contribution < 1.29 is 9.84 Å². The molecule has 0 amide bonds. The third-order valence-corrected chi connectivity index (χ3v) is 4.13. The second-order valence-electron chi connectivity index (χ2n) is 6.26. The van der Waals surface area contributed by atoms with E-state index in [1.807, 2.05) is 57.2 Å². The van der Waals surface area contributed by atoms with Gasteiger partial charge in [-0.05, 0) is 26.3 Å². The molecule has 6 heteroatoms. The van der Waals surface area contributed by atoms with Gasteiger partial charge in [0.25, 0.3) is 0 Å². The van der Waals surface area contributed by atoms with E-state index in [4.69, 9.17) is 4.74 Å². The van der Waals surface area contributed by atoms with E-state index in [1.165, 1.54) is 0 Å². The highest BCUT2D eigenvalue weighted by atomic mass is 16.5. The standard InChI is InChI=1S/C19H24N4O2/c1-13-9-18(23-19(21-13)14(2)15(3)22-23)20-10-17(24)12-25-11-16-7-5-4-6-8-16/h4-9,17,20,24H,10-12H2,1-3H3/t17-/m1/s1. The first-order chi connectivity index (χ1) is 12.0. The van der Waals surface area contributed by atoms with Gasteiger partial charge in [-0.25, -0.2) is 4.98 Å².